The number of hydrogen-bond donors (Lipinski definition) is 1. The maximum Gasteiger partial charge on any atom is 0.407 e. The number of ether oxygens (including phenoxy) is 1. The predicted molar refractivity (Wildman–Crippen MR) is 97.0 cm³/mol. The molecule has 0 aliphatic rings. The van der Waals surface area contributed by atoms with E-state index in [0.29, 0.717) is 6.42 Å². The van der Waals surface area contributed by atoms with Gasteiger partial charge in [0.15, 0.2) is 6.19 Å². The van der Waals surface area contributed by atoms with Crippen LogP contribution in [0.25, 0.3) is 10.1 Å². The van der Waals surface area contributed by atoms with Crippen LogP contribution in [-0.4, -0.2) is 36.6 Å². The van der Waals surface area contributed by atoms with Crippen molar-refractivity contribution >= 4 is 33.4 Å². The molecule has 1 heterocycles. The smallest absolute Gasteiger partial charge is 0.407 e. The van der Waals surface area contributed by atoms with Gasteiger partial charge in [-0.25, -0.2) is 4.79 Å². The number of nitriles is 1. The first kappa shape index (κ1) is 18.5. The van der Waals surface area contributed by atoms with Gasteiger partial charge in [0.1, 0.15) is 6.04 Å². The number of hydrogen-bond acceptors (Lipinski definition) is 5. The van der Waals surface area contributed by atoms with Crippen LogP contribution in [0.5, 0.6) is 0 Å². The number of carbonyl (C=O) groups excluding carboxylic acids is 2. The number of nitrogens with one attached hydrogen (secondary N) is 1. The van der Waals surface area contributed by atoms with E-state index in [1.165, 1.54) is 7.05 Å². The molecule has 0 saturated carbocycles. The molecule has 1 unspecified atom stereocenters. The van der Waals surface area contributed by atoms with Crippen LogP contribution in [0.1, 0.15) is 12.0 Å². The van der Waals surface area contributed by atoms with Crippen molar-refractivity contribution in [2.45, 2.75) is 18.9 Å². The number of likely N-dealkylation sites (N-methyl/N-ethyl adjacent to an activating group) is 1. The number of amides is 2. The van der Waals surface area contributed by atoms with Crippen molar-refractivity contribution in [1.82, 2.24) is 10.2 Å². The van der Waals surface area contributed by atoms with Gasteiger partial charge in [0.05, 0.1) is 6.61 Å². The molecule has 0 radical (unpaired) electrons. The van der Waals surface area contributed by atoms with Crippen molar-refractivity contribution in [2.24, 2.45) is 0 Å². The van der Waals surface area contributed by atoms with E-state index in [1.807, 2.05) is 29.6 Å². The second-order valence-electron chi connectivity index (χ2n) is 5.37. The van der Waals surface area contributed by atoms with Gasteiger partial charge in [0.25, 0.3) is 5.91 Å². The summed E-state index contributed by atoms with van der Waals surface area (Å²) in [5.74, 6) is -0.488. The Morgan fingerprint density at radius 2 is 2.24 bits per heavy atom. The molecule has 1 atom stereocenters. The first-order valence-electron chi connectivity index (χ1n) is 7.73. The number of thiophene rings is 1. The van der Waals surface area contributed by atoms with Gasteiger partial charge in [-0.3, -0.25) is 9.69 Å². The number of rotatable bonds is 7. The molecular formula is C18H19N3O3S. The Labute approximate surface area is 150 Å². The highest BCUT2D eigenvalue weighted by atomic mass is 32.1. The SMILES string of the molecule is C=CCCOC(=O)NC(Cc1csc2ccccc12)C(=O)N(C)C#N. The number of carbonyl (C=O) groups is 2. The minimum atomic E-state index is -0.876. The maximum absolute atomic E-state index is 12.4. The van der Waals surface area contributed by atoms with Crippen molar-refractivity contribution in [3.05, 3.63) is 47.9 Å². The molecule has 130 valence electrons. The molecule has 0 bridgehead atoms. The van der Waals surface area contributed by atoms with E-state index < -0.39 is 18.0 Å². The Hall–Kier alpha value is -2.85. The maximum atomic E-state index is 12.4. The fourth-order valence-electron chi connectivity index (χ4n) is 2.31. The number of alkyl carbamates (subject to hydrolysis) is 1. The zero-order valence-corrected chi connectivity index (χ0v) is 14.7. The average molecular weight is 357 g/mol. The minimum absolute atomic E-state index is 0.186. The summed E-state index contributed by atoms with van der Waals surface area (Å²) in [5.41, 5.74) is 0.941. The van der Waals surface area contributed by atoms with Crippen LogP contribution in [0, 0.1) is 11.5 Å². The molecule has 0 spiro atoms. The summed E-state index contributed by atoms with van der Waals surface area (Å²) in [7, 11) is 1.37. The van der Waals surface area contributed by atoms with Crippen molar-refractivity contribution in [3.63, 3.8) is 0 Å². The monoisotopic (exact) mass is 357 g/mol. The van der Waals surface area contributed by atoms with E-state index in [-0.39, 0.29) is 13.0 Å². The lowest BCUT2D eigenvalue weighted by atomic mass is 10.0. The van der Waals surface area contributed by atoms with Crippen molar-refractivity contribution in [2.75, 3.05) is 13.7 Å². The zero-order chi connectivity index (χ0) is 18.2. The van der Waals surface area contributed by atoms with E-state index in [4.69, 9.17) is 10.00 Å². The molecule has 25 heavy (non-hydrogen) atoms. The Bertz CT molecular complexity index is 809. The molecule has 0 aliphatic heterocycles. The topological polar surface area (TPSA) is 82.4 Å². The van der Waals surface area contributed by atoms with Crippen LogP contribution in [0.3, 0.4) is 0 Å². The summed E-state index contributed by atoms with van der Waals surface area (Å²) in [6.45, 7) is 3.74. The van der Waals surface area contributed by atoms with Gasteiger partial charge < -0.3 is 10.1 Å². The summed E-state index contributed by atoms with van der Waals surface area (Å²) < 4.78 is 6.11. The fourth-order valence-corrected chi connectivity index (χ4v) is 3.29. The Morgan fingerprint density at radius 3 is 2.96 bits per heavy atom. The first-order chi connectivity index (χ1) is 12.1. The largest absolute Gasteiger partial charge is 0.449 e. The zero-order valence-electron chi connectivity index (χ0n) is 13.9. The Morgan fingerprint density at radius 1 is 1.48 bits per heavy atom. The van der Waals surface area contributed by atoms with Crippen LogP contribution in [0.2, 0.25) is 0 Å². The lowest BCUT2D eigenvalue weighted by Gasteiger charge is -2.19. The predicted octanol–water partition coefficient (Wildman–Crippen LogP) is 3.05. The lowest BCUT2D eigenvalue weighted by molar-refractivity contribution is -0.129. The molecule has 6 nitrogen and oxygen atoms in total. The van der Waals surface area contributed by atoms with E-state index in [2.05, 4.69) is 11.9 Å². The van der Waals surface area contributed by atoms with Crippen molar-refractivity contribution in [3.8, 4) is 6.19 Å². The summed E-state index contributed by atoms with van der Waals surface area (Å²) in [4.78, 5) is 25.2. The Kier molecular flexibility index (Phi) is 6.54. The Balaban J connectivity index is 2.16. The third-order valence-electron chi connectivity index (χ3n) is 3.61. The normalized spacial score (nSPS) is 11.4. The van der Waals surface area contributed by atoms with Crippen LogP contribution < -0.4 is 5.32 Å². The lowest BCUT2D eigenvalue weighted by Crippen LogP contribution is -2.47. The number of benzene rings is 1. The molecule has 7 heteroatoms. The van der Waals surface area contributed by atoms with Gasteiger partial charge in [0, 0.05) is 18.2 Å². The van der Waals surface area contributed by atoms with Gasteiger partial charge in [0.2, 0.25) is 0 Å². The summed E-state index contributed by atoms with van der Waals surface area (Å²) in [6, 6.07) is 6.97. The summed E-state index contributed by atoms with van der Waals surface area (Å²) in [6.07, 6.45) is 3.53. The van der Waals surface area contributed by atoms with Crippen LogP contribution in [0.4, 0.5) is 4.79 Å². The van der Waals surface area contributed by atoms with Crippen LogP contribution in [0.15, 0.2) is 42.3 Å². The highest BCUT2D eigenvalue weighted by Gasteiger charge is 2.26. The van der Waals surface area contributed by atoms with Gasteiger partial charge in [-0.15, -0.1) is 17.9 Å². The van der Waals surface area contributed by atoms with Crippen LogP contribution >= 0.6 is 11.3 Å². The van der Waals surface area contributed by atoms with E-state index in [0.717, 1.165) is 20.5 Å². The van der Waals surface area contributed by atoms with E-state index >= 15 is 0 Å². The first-order valence-corrected chi connectivity index (χ1v) is 8.61. The second kappa shape index (κ2) is 8.85. The highest BCUT2D eigenvalue weighted by Crippen LogP contribution is 2.26. The molecule has 2 rings (SSSR count). The number of fused-ring (bicyclic) bond motifs is 1. The quantitative estimate of drug-likeness (QED) is 0.357. The van der Waals surface area contributed by atoms with E-state index in [1.54, 1.807) is 23.6 Å². The van der Waals surface area contributed by atoms with Crippen molar-refractivity contribution < 1.29 is 14.3 Å². The highest BCUT2D eigenvalue weighted by molar-refractivity contribution is 7.17. The molecule has 1 aromatic carbocycles. The molecule has 0 saturated heterocycles. The van der Waals surface area contributed by atoms with Gasteiger partial charge >= 0.3 is 6.09 Å². The molecule has 0 fully saturated rings. The third kappa shape index (κ3) is 4.81. The van der Waals surface area contributed by atoms with Crippen molar-refractivity contribution in [1.29, 1.82) is 5.26 Å². The average Bonchev–Trinajstić information content (AvgIpc) is 3.03. The molecule has 1 aromatic heterocycles. The minimum Gasteiger partial charge on any atom is -0.449 e. The summed E-state index contributed by atoms with van der Waals surface area (Å²) >= 11 is 1.57. The van der Waals surface area contributed by atoms with Gasteiger partial charge in [-0.05, 0) is 28.8 Å². The second-order valence-corrected chi connectivity index (χ2v) is 6.28. The third-order valence-corrected chi connectivity index (χ3v) is 4.62. The summed E-state index contributed by atoms with van der Waals surface area (Å²) in [5, 5.41) is 14.5. The molecular weight excluding hydrogens is 338 g/mol. The van der Waals surface area contributed by atoms with Gasteiger partial charge in [-0.1, -0.05) is 24.3 Å². The molecule has 2 amide bonds. The fraction of sp³-hybridized carbons (Fsp3) is 0.278. The molecule has 2 aromatic rings. The van der Waals surface area contributed by atoms with E-state index in [9.17, 15) is 9.59 Å². The number of nitrogens with zero attached hydrogens (tertiary/aromatic N) is 2. The molecule has 0 aliphatic carbocycles. The van der Waals surface area contributed by atoms with Crippen LogP contribution in [-0.2, 0) is 16.0 Å². The standard InChI is InChI=1S/C18H19N3O3S/c1-3-4-9-24-18(23)20-15(17(22)21(2)12-19)10-13-11-25-16-8-6-5-7-14(13)16/h3,5-8,11,15H,1,4,9-10H2,2H3,(H,20,23). The van der Waals surface area contributed by atoms with Gasteiger partial charge in [-0.2, -0.15) is 5.26 Å². The molecule has 1 N–H and O–H groups in total.